The lowest BCUT2D eigenvalue weighted by Gasteiger charge is -2.18. The zero-order valence-electron chi connectivity index (χ0n) is 13.2. The topological polar surface area (TPSA) is 46.6 Å². The third-order valence-electron chi connectivity index (χ3n) is 4.35. The number of methoxy groups -OCH3 is 2. The van der Waals surface area contributed by atoms with Gasteiger partial charge < -0.3 is 14.5 Å². The Morgan fingerprint density at radius 3 is 2.43 bits per heavy atom. The van der Waals surface area contributed by atoms with Crippen molar-refractivity contribution in [2.75, 3.05) is 20.8 Å². The van der Waals surface area contributed by atoms with Crippen molar-refractivity contribution in [1.29, 1.82) is 0 Å². The van der Waals surface area contributed by atoms with Gasteiger partial charge in [0.15, 0.2) is 0 Å². The van der Waals surface area contributed by atoms with Crippen LogP contribution in [0.15, 0.2) is 47.5 Å². The Kier molecular flexibility index (Phi) is 3.30. The van der Waals surface area contributed by atoms with Crippen LogP contribution >= 0.6 is 0 Å². The Morgan fingerprint density at radius 2 is 1.70 bits per heavy atom. The minimum absolute atomic E-state index is 0.769. The van der Waals surface area contributed by atoms with Gasteiger partial charge in [-0.15, -0.1) is 0 Å². The summed E-state index contributed by atoms with van der Waals surface area (Å²) in [5.41, 5.74) is 5.35. The maximum absolute atomic E-state index is 5.56. The zero-order chi connectivity index (χ0) is 15.8. The molecule has 116 valence electrons. The van der Waals surface area contributed by atoms with Crippen molar-refractivity contribution in [2.45, 2.75) is 6.42 Å². The Bertz CT molecular complexity index is 887. The number of aliphatic imine (C=N–C) groups is 1. The molecule has 4 heteroatoms. The lowest BCUT2D eigenvalue weighted by atomic mass is 9.96. The number of hydrogen-bond donors (Lipinski definition) is 1. The van der Waals surface area contributed by atoms with Crippen LogP contribution in [-0.4, -0.2) is 31.5 Å². The van der Waals surface area contributed by atoms with E-state index in [0.29, 0.717) is 0 Å². The molecule has 0 bridgehead atoms. The fraction of sp³-hybridized carbons (Fsp3) is 0.211. The van der Waals surface area contributed by atoms with Crippen LogP contribution in [0.3, 0.4) is 0 Å². The standard InChI is InChI=1S/C19H18N2O2/c1-22-15-8-5-9-16(23-2)17(15)19-18-13(10-11-20-19)12-6-3-4-7-14(12)21-18/h3-9,21H,10-11H2,1-2H3. The van der Waals surface area contributed by atoms with Crippen LogP contribution in [0.1, 0.15) is 16.8 Å². The molecule has 0 amide bonds. The molecule has 0 aliphatic carbocycles. The van der Waals surface area contributed by atoms with E-state index in [1.54, 1.807) is 14.2 Å². The molecule has 4 nitrogen and oxygen atoms in total. The molecule has 0 saturated heterocycles. The highest BCUT2D eigenvalue weighted by atomic mass is 16.5. The van der Waals surface area contributed by atoms with Gasteiger partial charge in [-0.05, 0) is 30.2 Å². The van der Waals surface area contributed by atoms with E-state index in [-0.39, 0.29) is 0 Å². The molecule has 0 saturated carbocycles. The number of aromatic amines is 1. The van der Waals surface area contributed by atoms with E-state index in [1.807, 2.05) is 24.3 Å². The van der Waals surface area contributed by atoms with E-state index in [1.165, 1.54) is 10.9 Å². The van der Waals surface area contributed by atoms with Crippen LogP contribution < -0.4 is 9.47 Å². The van der Waals surface area contributed by atoms with Gasteiger partial charge in [0.05, 0.1) is 31.2 Å². The second kappa shape index (κ2) is 5.47. The predicted molar refractivity (Wildman–Crippen MR) is 92.1 cm³/mol. The average Bonchev–Trinajstić information content (AvgIpc) is 2.99. The van der Waals surface area contributed by atoms with Crippen LogP contribution in [0, 0.1) is 0 Å². The molecule has 4 rings (SSSR count). The van der Waals surface area contributed by atoms with Gasteiger partial charge in [0.1, 0.15) is 11.5 Å². The highest BCUT2D eigenvalue weighted by Gasteiger charge is 2.25. The molecular formula is C19H18N2O2. The lowest BCUT2D eigenvalue weighted by Crippen LogP contribution is -2.15. The van der Waals surface area contributed by atoms with Crippen molar-refractivity contribution in [3.05, 3.63) is 59.3 Å². The summed E-state index contributed by atoms with van der Waals surface area (Å²) in [5, 5.41) is 1.27. The summed E-state index contributed by atoms with van der Waals surface area (Å²) >= 11 is 0. The van der Waals surface area contributed by atoms with E-state index < -0.39 is 0 Å². The maximum Gasteiger partial charge on any atom is 0.132 e. The van der Waals surface area contributed by atoms with E-state index in [2.05, 4.69) is 23.2 Å². The van der Waals surface area contributed by atoms with Gasteiger partial charge in [0, 0.05) is 17.4 Å². The van der Waals surface area contributed by atoms with Crippen molar-refractivity contribution in [3.63, 3.8) is 0 Å². The van der Waals surface area contributed by atoms with Crippen molar-refractivity contribution in [3.8, 4) is 11.5 Å². The number of nitrogens with zero attached hydrogens (tertiary/aromatic N) is 1. The molecule has 0 unspecified atom stereocenters. The number of aromatic nitrogens is 1. The van der Waals surface area contributed by atoms with Crippen molar-refractivity contribution >= 4 is 16.6 Å². The molecule has 2 heterocycles. The molecule has 1 N–H and O–H groups in total. The van der Waals surface area contributed by atoms with Gasteiger partial charge in [-0.1, -0.05) is 24.3 Å². The molecular weight excluding hydrogens is 288 g/mol. The van der Waals surface area contributed by atoms with Gasteiger partial charge in [-0.3, -0.25) is 4.99 Å². The SMILES string of the molecule is COc1cccc(OC)c1C1=NCCc2c1[nH]c1ccccc21. The summed E-state index contributed by atoms with van der Waals surface area (Å²) in [5.74, 6) is 1.55. The van der Waals surface area contributed by atoms with Crippen molar-refractivity contribution < 1.29 is 9.47 Å². The minimum atomic E-state index is 0.769. The third kappa shape index (κ3) is 2.10. The van der Waals surface area contributed by atoms with Gasteiger partial charge >= 0.3 is 0 Å². The molecule has 0 radical (unpaired) electrons. The van der Waals surface area contributed by atoms with E-state index in [9.17, 15) is 0 Å². The molecule has 1 aliphatic rings. The number of hydrogen-bond acceptors (Lipinski definition) is 3. The van der Waals surface area contributed by atoms with Crippen LogP contribution in [-0.2, 0) is 6.42 Å². The summed E-state index contributed by atoms with van der Waals surface area (Å²) < 4.78 is 11.1. The van der Waals surface area contributed by atoms with Crippen LogP contribution in [0.5, 0.6) is 11.5 Å². The molecule has 23 heavy (non-hydrogen) atoms. The van der Waals surface area contributed by atoms with Crippen LogP contribution in [0.2, 0.25) is 0 Å². The number of fused-ring (bicyclic) bond motifs is 3. The summed E-state index contributed by atoms with van der Waals surface area (Å²) in [6.07, 6.45) is 0.945. The van der Waals surface area contributed by atoms with Crippen LogP contribution in [0.25, 0.3) is 10.9 Å². The van der Waals surface area contributed by atoms with E-state index >= 15 is 0 Å². The lowest BCUT2D eigenvalue weighted by molar-refractivity contribution is 0.393. The van der Waals surface area contributed by atoms with Gasteiger partial charge in [-0.2, -0.15) is 0 Å². The first-order valence-electron chi connectivity index (χ1n) is 7.69. The summed E-state index contributed by atoms with van der Waals surface area (Å²) in [6.45, 7) is 0.769. The Hall–Kier alpha value is -2.75. The smallest absolute Gasteiger partial charge is 0.132 e. The molecule has 3 aromatic rings. The second-order valence-electron chi connectivity index (χ2n) is 5.54. The van der Waals surface area contributed by atoms with Crippen molar-refractivity contribution in [1.82, 2.24) is 4.98 Å². The fourth-order valence-electron chi connectivity index (χ4n) is 3.31. The highest BCUT2D eigenvalue weighted by molar-refractivity contribution is 6.18. The Balaban J connectivity index is 1.98. The van der Waals surface area contributed by atoms with Gasteiger partial charge in [0.2, 0.25) is 0 Å². The summed E-state index contributed by atoms with van der Waals surface area (Å²) in [7, 11) is 3.35. The molecule has 1 aliphatic heterocycles. The number of rotatable bonds is 3. The summed E-state index contributed by atoms with van der Waals surface area (Å²) in [6, 6.07) is 14.2. The molecule has 2 aromatic carbocycles. The number of benzene rings is 2. The van der Waals surface area contributed by atoms with E-state index in [4.69, 9.17) is 14.5 Å². The third-order valence-corrected chi connectivity index (χ3v) is 4.35. The molecule has 0 atom stereocenters. The number of nitrogens with one attached hydrogen (secondary N) is 1. The molecule has 0 fully saturated rings. The normalized spacial score (nSPS) is 13.6. The number of ether oxygens (including phenoxy) is 2. The quantitative estimate of drug-likeness (QED) is 0.804. The Morgan fingerprint density at radius 1 is 0.957 bits per heavy atom. The zero-order valence-corrected chi connectivity index (χ0v) is 13.2. The number of H-pyrrole nitrogens is 1. The minimum Gasteiger partial charge on any atom is -0.496 e. The van der Waals surface area contributed by atoms with Gasteiger partial charge in [-0.25, -0.2) is 0 Å². The summed E-state index contributed by atoms with van der Waals surface area (Å²) in [4.78, 5) is 8.30. The van der Waals surface area contributed by atoms with Crippen molar-refractivity contribution in [2.24, 2.45) is 4.99 Å². The first-order chi connectivity index (χ1) is 11.3. The van der Waals surface area contributed by atoms with E-state index in [0.717, 1.165) is 47.0 Å². The first-order valence-corrected chi connectivity index (χ1v) is 7.69. The van der Waals surface area contributed by atoms with Gasteiger partial charge in [0.25, 0.3) is 0 Å². The second-order valence-corrected chi connectivity index (χ2v) is 5.54. The predicted octanol–water partition coefficient (Wildman–Crippen LogP) is 3.58. The van der Waals surface area contributed by atoms with Crippen LogP contribution in [0.4, 0.5) is 0 Å². The first kappa shape index (κ1) is 13.9. The number of para-hydroxylation sites is 1. The molecule has 1 aromatic heterocycles. The monoisotopic (exact) mass is 306 g/mol. The Labute approximate surface area is 134 Å². The fourth-order valence-corrected chi connectivity index (χ4v) is 3.31. The molecule has 0 spiro atoms. The largest absolute Gasteiger partial charge is 0.496 e. The average molecular weight is 306 g/mol. The maximum atomic E-state index is 5.56. The highest BCUT2D eigenvalue weighted by Crippen LogP contribution is 2.35.